The largest absolute Gasteiger partial charge is 0.494 e. The minimum Gasteiger partial charge on any atom is -0.494 e. The fraction of sp³-hybridized carbons (Fsp3) is 0.208. The first-order valence-corrected chi connectivity index (χ1v) is 11.7. The maximum Gasteiger partial charge on any atom is 0.242 e. The van der Waals surface area contributed by atoms with Crippen LogP contribution in [0.3, 0.4) is 0 Å². The summed E-state index contributed by atoms with van der Waals surface area (Å²) < 4.78 is 61.2. The number of sulfonamides is 1. The molecule has 3 aromatic carbocycles. The predicted molar refractivity (Wildman–Crippen MR) is 122 cm³/mol. The van der Waals surface area contributed by atoms with E-state index in [1.807, 2.05) is 6.92 Å². The maximum absolute atomic E-state index is 14.0. The van der Waals surface area contributed by atoms with Gasteiger partial charge in [-0.2, -0.15) is 4.72 Å². The third kappa shape index (κ3) is 6.36. The van der Waals surface area contributed by atoms with Crippen LogP contribution in [0.5, 0.6) is 5.75 Å². The van der Waals surface area contributed by atoms with Crippen LogP contribution in [0, 0.1) is 18.6 Å². The highest BCUT2D eigenvalue weighted by Gasteiger charge is 2.27. The smallest absolute Gasteiger partial charge is 0.242 e. The van der Waals surface area contributed by atoms with Gasteiger partial charge in [-0.25, -0.2) is 17.2 Å². The lowest BCUT2D eigenvalue weighted by Crippen LogP contribution is -2.45. The summed E-state index contributed by atoms with van der Waals surface area (Å²) in [7, 11) is -4.11. The van der Waals surface area contributed by atoms with Gasteiger partial charge in [0.05, 0.1) is 17.2 Å². The molecule has 0 saturated carbocycles. The molecular weight excluding hydrogens is 450 g/mol. The number of amides is 1. The van der Waals surface area contributed by atoms with E-state index >= 15 is 0 Å². The Morgan fingerprint density at radius 2 is 1.76 bits per heavy atom. The second kappa shape index (κ2) is 10.5. The molecule has 2 N–H and O–H groups in total. The quantitative estimate of drug-likeness (QED) is 0.487. The highest BCUT2D eigenvalue weighted by molar-refractivity contribution is 7.89. The third-order valence-corrected chi connectivity index (χ3v) is 6.31. The number of aryl methyl sites for hydroxylation is 1. The predicted octanol–water partition coefficient (Wildman–Crippen LogP) is 4.20. The summed E-state index contributed by atoms with van der Waals surface area (Å²) in [4.78, 5) is 12.9. The van der Waals surface area contributed by atoms with Gasteiger partial charge in [-0.3, -0.25) is 4.79 Å². The fourth-order valence-corrected chi connectivity index (χ4v) is 4.49. The Labute approximate surface area is 191 Å². The molecule has 0 heterocycles. The van der Waals surface area contributed by atoms with E-state index in [0.717, 1.165) is 12.1 Å². The molecule has 0 bridgehead atoms. The zero-order chi connectivity index (χ0) is 24.0. The molecule has 0 radical (unpaired) electrons. The summed E-state index contributed by atoms with van der Waals surface area (Å²) in [6.07, 6.45) is 0.0186. The van der Waals surface area contributed by atoms with E-state index in [2.05, 4.69) is 10.0 Å². The maximum atomic E-state index is 14.0. The normalized spacial score (nSPS) is 12.2. The number of halogens is 2. The summed E-state index contributed by atoms with van der Waals surface area (Å²) in [5, 5.41) is 2.34. The van der Waals surface area contributed by atoms with E-state index in [4.69, 9.17) is 4.74 Å². The molecule has 0 aliphatic heterocycles. The van der Waals surface area contributed by atoms with Crippen LogP contribution in [0.15, 0.2) is 71.6 Å². The number of hydrogen-bond acceptors (Lipinski definition) is 4. The van der Waals surface area contributed by atoms with Crippen LogP contribution in [0.2, 0.25) is 0 Å². The highest BCUT2D eigenvalue weighted by Crippen LogP contribution is 2.22. The van der Waals surface area contributed by atoms with Crippen molar-refractivity contribution in [2.75, 3.05) is 11.9 Å². The van der Waals surface area contributed by atoms with Gasteiger partial charge in [-0.1, -0.05) is 30.3 Å². The van der Waals surface area contributed by atoms with Crippen molar-refractivity contribution in [1.29, 1.82) is 0 Å². The van der Waals surface area contributed by atoms with E-state index in [9.17, 15) is 22.0 Å². The standard InChI is InChI=1S/C24H24F2N2O4S/c1-3-32-23-12-10-19(13-16(23)2)33(30,31)28-22(14-17-7-5-4-6-8-17)24(29)27-21-11-9-18(25)15-20(21)26/h4-13,15,22,28H,3,14H2,1-2H3,(H,27,29). The first-order valence-electron chi connectivity index (χ1n) is 10.2. The lowest BCUT2D eigenvalue weighted by atomic mass is 10.1. The molecule has 174 valence electrons. The minimum atomic E-state index is -4.11. The molecule has 0 aliphatic carbocycles. The van der Waals surface area contributed by atoms with Crippen LogP contribution in [0.25, 0.3) is 0 Å². The first kappa shape index (κ1) is 24.3. The van der Waals surface area contributed by atoms with Gasteiger partial charge in [0.2, 0.25) is 15.9 Å². The molecule has 1 unspecified atom stereocenters. The number of benzene rings is 3. The summed E-state index contributed by atoms with van der Waals surface area (Å²) in [5.41, 5.74) is 1.07. The number of hydrogen-bond donors (Lipinski definition) is 2. The van der Waals surface area contributed by atoms with Crippen LogP contribution < -0.4 is 14.8 Å². The van der Waals surface area contributed by atoms with E-state index < -0.39 is 33.6 Å². The van der Waals surface area contributed by atoms with Crippen molar-refractivity contribution in [3.63, 3.8) is 0 Å². The Morgan fingerprint density at radius 3 is 2.39 bits per heavy atom. The van der Waals surface area contributed by atoms with Crippen LogP contribution >= 0.6 is 0 Å². The topological polar surface area (TPSA) is 84.5 Å². The zero-order valence-corrected chi connectivity index (χ0v) is 19.0. The molecule has 0 spiro atoms. The molecule has 6 nitrogen and oxygen atoms in total. The van der Waals surface area contributed by atoms with E-state index in [-0.39, 0.29) is 17.0 Å². The number of carbonyl (C=O) groups excluding carboxylic acids is 1. The second-order valence-corrected chi connectivity index (χ2v) is 9.05. The van der Waals surface area contributed by atoms with E-state index in [1.165, 1.54) is 12.1 Å². The summed E-state index contributed by atoms with van der Waals surface area (Å²) in [6.45, 7) is 3.97. The number of ether oxygens (including phenoxy) is 1. The van der Waals surface area contributed by atoms with Crippen LogP contribution in [-0.4, -0.2) is 27.0 Å². The number of carbonyl (C=O) groups is 1. The molecule has 1 amide bonds. The van der Waals surface area contributed by atoms with Crippen molar-refractivity contribution >= 4 is 21.6 Å². The van der Waals surface area contributed by atoms with Gasteiger partial charge in [-0.05, 0) is 61.7 Å². The Morgan fingerprint density at radius 1 is 1.03 bits per heavy atom. The van der Waals surface area contributed by atoms with Crippen molar-refractivity contribution in [1.82, 2.24) is 4.72 Å². The summed E-state index contributed by atoms with van der Waals surface area (Å²) in [5.74, 6) is -1.98. The van der Waals surface area contributed by atoms with Gasteiger partial charge in [0.25, 0.3) is 0 Å². The summed E-state index contributed by atoms with van der Waals surface area (Å²) in [6, 6.07) is 14.6. The average Bonchev–Trinajstić information content (AvgIpc) is 2.77. The fourth-order valence-electron chi connectivity index (χ4n) is 3.21. The molecule has 0 aromatic heterocycles. The van der Waals surface area contributed by atoms with Gasteiger partial charge in [0, 0.05) is 6.07 Å². The van der Waals surface area contributed by atoms with Gasteiger partial charge in [0.1, 0.15) is 23.4 Å². The van der Waals surface area contributed by atoms with Crippen molar-refractivity contribution in [2.24, 2.45) is 0 Å². The minimum absolute atomic E-state index is 0.0186. The molecule has 3 aromatic rings. The molecule has 3 rings (SSSR count). The lowest BCUT2D eigenvalue weighted by Gasteiger charge is -2.19. The Bertz CT molecular complexity index is 1230. The molecule has 1 atom stereocenters. The molecule has 0 saturated heterocycles. The monoisotopic (exact) mass is 474 g/mol. The van der Waals surface area contributed by atoms with Crippen LogP contribution in [0.4, 0.5) is 14.5 Å². The van der Waals surface area contributed by atoms with Crippen molar-refractivity contribution in [3.8, 4) is 5.75 Å². The number of anilines is 1. The van der Waals surface area contributed by atoms with Crippen molar-refractivity contribution in [2.45, 2.75) is 31.2 Å². The number of rotatable bonds is 9. The average molecular weight is 475 g/mol. The first-order chi connectivity index (χ1) is 15.7. The number of nitrogens with one attached hydrogen (secondary N) is 2. The molecule has 0 aliphatic rings. The lowest BCUT2D eigenvalue weighted by molar-refractivity contribution is -0.117. The second-order valence-electron chi connectivity index (χ2n) is 7.34. The summed E-state index contributed by atoms with van der Waals surface area (Å²) >= 11 is 0. The van der Waals surface area contributed by atoms with E-state index in [0.29, 0.717) is 29.5 Å². The third-order valence-electron chi connectivity index (χ3n) is 4.84. The molecule has 0 fully saturated rings. The van der Waals surface area contributed by atoms with E-state index in [1.54, 1.807) is 43.3 Å². The van der Waals surface area contributed by atoms with Crippen molar-refractivity contribution < 1.29 is 26.7 Å². The zero-order valence-electron chi connectivity index (χ0n) is 18.1. The SMILES string of the molecule is CCOc1ccc(S(=O)(=O)NC(Cc2ccccc2)C(=O)Nc2ccc(F)cc2F)cc1C. The van der Waals surface area contributed by atoms with Gasteiger partial charge in [-0.15, -0.1) is 0 Å². The van der Waals surface area contributed by atoms with Gasteiger partial charge in [0.15, 0.2) is 0 Å². The van der Waals surface area contributed by atoms with Gasteiger partial charge >= 0.3 is 0 Å². The molecular formula is C24H24F2N2O4S. The Balaban J connectivity index is 1.88. The Hall–Kier alpha value is -3.30. The Kier molecular flexibility index (Phi) is 7.78. The van der Waals surface area contributed by atoms with Crippen LogP contribution in [0.1, 0.15) is 18.1 Å². The van der Waals surface area contributed by atoms with Crippen LogP contribution in [-0.2, 0) is 21.2 Å². The highest BCUT2D eigenvalue weighted by atomic mass is 32.2. The van der Waals surface area contributed by atoms with Crippen molar-refractivity contribution in [3.05, 3.63) is 89.5 Å². The molecule has 9 heteroatoms. The molecule has 33 heavy (non-hydrogen) atoms. The van der Waals surface area contributed by atoms with Gasteiger partial charge < -0.3 is 10.1 Å².